The Morgan fingerprint density at radius 3 is 2.83 bits per heavy atom. The fourth-order valence-electron chi connectivity index (χ4n) is 2.34. The van der Waals surface area contributed by atoms with Gasteiger partial charge in [0.1, 0.15) is 23.5 Å². The average molecular weight is 334 g/mol. The predicted molar refractivity (Wildman–Crippen MR) is 83.9 cm³/mol. The van der Waals surface area contributed by atoms with Gasteiger partial charge in [-0.2, -0.15) is 0 Å². The lowest BCUT2D eigenvalue weighted by atomic mass is 10.2. The Labute approximate surface area is 136 Å². The van der Waals surface area contributed by atoms with Crippen LogP contribution in [0.5, 0.6) is 0 Å². The van der Waals surface area contributed by atoms with Crippen molar-refractivity contribution in [1.29, 1.82) is 0 Å². The molecule has 1 aliphatic heterocycles. The van der Waals surface area contributed by atoms with Gasteiger partial charge < -0.3 is 14.6 Å². The zero-order valence-electron chi connectivity index (χ0n) is 12.2. The summed E-state index contributed by atoms with van der Waals surface area (Å²) in [5, 5.41) is 2.45. The normalized spacial score (nSPS) is 17.5. The Balaban J connectivity index is 1.63. The molecule has 1 fully saturated rings. The minimum Gasteiger partial charge on any atom is -0.467 e. The molecule has 0 saturated carbocycles. The molecule has 0 aliphatic carbocycles. The number of hydrogen-bond donors (Lipinski definition) is 1. The quantitative estimate of drug-likeness (QED) is 0.911. The van der Waals surface area contributed by atoms with Crippen LogP contribution < -0.4 is 5.32 Å². The van der Waals surface area contributed by atoms with Crippen molar-refractivity contribution < 1.29 is 18.4 Å². The largest absolute Gasteiger partial charge is 0.467 e. The summed E-state index contributed by atoms with van der Waals surface area (Å²) in [7, 11) is 0. The Kier molecular flexibility index (Phi) is 4.66. The second kappa shape index (κ2) is 6.87. The van der Waals surface area contributed by atoms with E-state index in [2.05, 4.69) is 5.32 Å². The molecule has 1 saturated heterocycles. The Hall–Kier alpha value is -2.28. The van der Waals surface area contributed by atoms with E-state index in [1.165, 1.54) is 35.1 Å². The minimum atomic E-state index is -0.328. The van der Waals surface area contributed by atoms with Gasteiger partial charge in [-0.05, 0) is 29.8 Å². The van der Waals surface area contributed by atoms with Crippen LogP contribution in [0, 0.1) is 5.82 Å². The van der Waals surface area contributed by atoms with Gasteiger partial charge in [0.25, 0.3) is 0 Å². The number of carbonyl (C=O) groups is 2. The highest BCUT2D eigenvalue weighted by atomic mass is 32.2. The van der Waals surface area contributed by atoms with Crippen LogP contribution in [0.4, 0.5) is 4.39 Å². The molecular weight excluding hydrogens is 319 g/mol. The summed E-state index contributed by atoms with van der Waals surface area (Å²) in [6.07, 6.45) is 1.53. The van der Waals surface area contributed by atoms with Gasteiger partial charge in [-0.1, -0.05) is 12.1 Å². The Morgan fingerprint density at radius 2 is 2.13 bits per heavy atom. The predicted octanol–water partition coefficient (Wildman–Crippen LogP) is 2.31. The van der Waals surface area contributed by atoms with Crippen LogP contribution in [0.25, 0.3) is 0 Å². The van der Waals surface area contributed by atoms with Crippen LogP contribution in [-0.4, -0.2) is 29.0 Å². The molecule has 23 heavy (non-hydrogen) atoms. The number of furan rings is 1. The third-order valence-electron chi connectivity index (χ3n) is 3.48. The van der Waals surface area contributed by atoms with E-state index in [-0.39, 0.29) is 36.1 Å². The van der Waals surface area contributed by atoms with Gasteiger partial charge in [-0.15, -0.1) is 11.8 Å². The zero-order chi connectivity index (χ0) is 16.2. The van der Waals surface area contributed by atoms with Gasteiger partial charge in [0.15, 0.2) is 0 Å². The van der Waals surface area contributed by atoms with E-state index in [1.807, 2.05) is 0 Å². The van der Waals surface area contributed by atoms with Gasteiger partial charge in [0.05, 0.1) is 18.6 Å². The molecule has 2 amide bonds. The van der Waals surface area contributed by atoms with Gasteiger partial charge in [0.2, 0.25) is 11.8 Å². The van der Waals surface area contributed by atoms with Crippen molar-refractivity contribution in [3.05, 3.63) is 59.8 Å². The van der Waals surface area contributed by atoms with Crippen molar-refractivity contribution in [1.82, 2.24) is 10.2 Å². The monoisotopic (exact) mass is 334 g/mol. The molecule has 1 N–H and O–H groups in total. The van der Waals surface area contributed by atoms with Crippen molar-refractivity contribution in [2.45, 2.75) is 11.9 Å². The molecule has 0 spiro atoms. The fraction of sp³-hybridized carbons (Fsp3) is 0.250. The number of carbonyl (C=O) groups excluding carboxylic acids is 2. The summed E-state index contributed by atoms with van der Waals surface area (Å²) >= 11 is 1.43. The van der Waals surface area contributed by atoms with E-state index in [1.54, 1.807) is 24.3 Å². The topological polar surface area (TPSA) is 62.6 Å². The number of nitrogens with one attached hydrogen (secondary N) is 1. The van der Waals surface area contributed by atoms with Crippen molar-refractivity contribution in [2.75, 3.05) is 12.3 Å². The Morgan fingerprint density at radius 1 is 1.35 bits per heavy atom. The highest BCUT2D eigenvalue weighted by Crippen LogP contribution is 2.38. The first-order chi connectivity index (χ1) is 11.1. The molecule has 2 heterocycles. The second-order valence-electron chi connectivity index (χ2n) is 5.09. The molecule has 7 heteroatoms. The molecule has 1 aliphatic rings. The number of benzene rings is 1. The summed E-state index contributed by atoms with van der Waals surface area (Å²) in [6.45, 7) is 0.247. The number of rotatable bonds is 5. The summed E-state index contributed by atoms with van der Waals surface area (Å²) in [4.78, 5) is 25.6. The molecule has 1 unspecified atom stereocenters. The van der Waals surface area contributed by atoms with Crippen LogP contribution in [0.3, 0.4) is 0 Å². The number of nitrogens with zero attached hydrogens (tertiary/aromatic N) is 1. The van der Waals surface area contributed by atoms with Crippen molar-refractivity contribution in [3.8, 4) is 0 Å². The Bertz CT molecular complexity index is 688. The van der Waals surface area contributed by atoms with Crippen molar-refractivity contribution >= 4 is 23.6 Å². The number of halogens is 1. The molecule has 5 nitrogen and oxygen atoms in total. The molecule has 3 rings (SSSR count). The van der Waals surface area contributed by atoms with Gasteiger partial charge >= 0.3 is 0 Å². The maximum Gasteiger partial charge on any atom is 0.240 e. The molecule has 1 aromatic carbocycles. The third-order valence-corrected chi connectivity index (χ3v) is 4.73. The van der Waals surface area contributed by atoms with Crippen LogP contribution in [0.1, 0.15) is 16.7 Å². The maximum absolute atomic E-state index is 13.0. The van der Waals surface area contributed by atoms with Crippen LogP contribution in [-0.2, 0) is 16.1 Å². The molecule has 2 aromatic rings. The SMILES string of the molecule is O=C(CN1C(=O)CSC1c1ccc(F)cc1)NCc1ccco1. The lowest BCUT2D eigenvalue weighted by Gasteiger charge is -2.23. The van der Waals surface area contributed by atoms with Crippen LogP contribution in [0.2, 0.25) is 0 Å². The first-order valence-corrected chi connectivity index (χ1v) is 8.14. The van der Waals surface area contributed by atoms with E-state index in [0.29, 0.717) is 11.5 Å². The lowest BCUT2D eigenvalue weighted by Crippen LogP contribution is -2.39. The van der Waals surface area contributed by atoms with E-state index in [0.717, 1.165) is 5.56 Å². The number of thioether (sulfide) groups is 1. The zero-order valence-corrected chi connectivity index (χ0v) is 13.0. The van der Waals surface area contributed by atoms with E-state index < -0.39 is 0 Å². The number of hydrogen-bond acceptors (Lipinski definition) is 4. The van der Waals surface area contributed by atoms with Gasteiger partial charge in [0, 0.05) is 0 Å². The van der Waals surface area contributed by atoms with E-state index in [4.69, 9.17) is 4.42 Å². The molecule has 120 valence electrons. The van der Waals surface area contributed by atoms with Crippen LogP contribution >= 0.6 is 11.8 Å². The molecule has 0 radical (unpaired) electrons. The fourth-order valence-corrected chi connectivity index (χ4v) is 3.53. The first kappa shape index (κ1) is 15.6. The lowest BCUT2D eigenvalue weighted by molar-refractivity contribution is -0.133. The van der Waals surface area contributed by atoms with Crippen molar-refractivity contribution in [3.63, 3.8) is 0 Å². The first-order valence-electron chi connectivity index (χ1n) is 7.09. The minimum absolute atomic E-state index is 0.0331. The highest BCUT2D eigenvalue weighted by Gasteiger charge is 2.34. The summed E-state index contributed by atoms with van der Waals surface area (Å²) in [6, 6.07) is 9.49. The van der Waals surface area contributed by atoms with Crippen LogP contribution in [0.15, 0.2) is 47.1 Å². The average Bonchev–Trinajstić information content (AvgIpc) is 3.17. The third kappa shape index (κ3) is 3.73. The smallest absolute Gasteiger partial charge is 0.240 e. The maximum atomic E-state index is 13.0. The summed E-state index contributed by atoms with van der Waals surface area (Å²) in [5.74, 6) is 0.274. The highest BCUT2D eigenvalue weighted by molar-refractivity contribution is 8.00. The standard InChI is InChI=1S/C16H15FN2O3S/c17-12-5-3-11(4-6-12)16-19(15(21)10-23-16)9-14(20)18-8-13-2-1-7-22-13/h1-7,16H,8-10H2,(H,18,20). The molecule has 1 atom stereocenters. The molecular formula is C16H15FN2O3S. The summed E-state index contributed by atoms with van der Waals surface area (Å²) < 4.78 is 18.2. The summed E-state index contributed by atoms with van der Waals surface area (Å²) in [5.41, 5.74) is 0.807. The van der Waals surface area contributed by atoms with E-state index >= 15 is 0 Å². The van der Waals surface area contributed by atoms with Gasteiger partial charge in [-0.25, -0.2) is 4.39 Å². The van der Waals surface area contributed by atoms with Crippen molar-refractivity contribution in [2.24, 2.45) is 0 Å². The molecule has 1 aromatic heterocycles. The second-order valence-corrected chi connectivity index (χ2v) is 6.16. The number of amides is 2. The van der Waals surface area contributed by atoms with Gasteiger partial charge in [-0.3, -0.25) is 9.59 Å². The van der Waals surface area contributed by atoms with E-state index in [9.17, 15) is 14.0 Å². The molecule has 0 bridgehead atoms.